The van der Waals surface area contributed by atoms with E-state index >= 15 is 0 Å². The van der Waals surface area contributed by atoms with Crippen LogP contribution in [0.5, 0.6) is 0 Å². The second-order valence-corrected chi connectivity index (χ2v) is 6.78. The van der Waals surface area contributed by atoms with E-state index in [1.807, 2.05) is 0 Å². The van der Waals surface area contributed by atoms with Gasteiger partial charge in [0.2, 0.25) is 0 Å². The molecule has 2 aromatic rings. The Morgan fingerprint density at radius 1 is 1.00 bits per heavy atom. The number of rotatable bonds is 7. The Kier molecular flexibility index (Phi) is 5.38. The van der Waals surface area contributed by atoms with Crippen molar-refractivity contribution in [1.29, 1.82) is 0 Å². The van der Waals surface area contributed by atoms with Gasteiger partial charge in [-0.05, 0) is 59.7 Å². The molecule has 0 atom stereocenters. The summed E-state index contributed by atoms with van der Waals surface area (Å²) in [6.07, 6.45) is 3.03. The SMILES string of the molecule is CCc1ccsc1C(O)(CCCO)c1sccc1CC. The van der Waals surface area contributed by atoms with E-state index in [1.165, 1.54) is 11.1 Å². The molecule has 0 saturated heterocycles. The van der Waals surface area contributed by atoms with Crippen molar-refractivity contribution in [3.63, 3.8) is 0 Å². The topological polar surface area (TPSA) is 40.5 Å². The molecule has 2 heterocycles. The molecule has 2 nitrogen and oxygen atoms in total. The van der Waals surface area contributed by atoms with E-state index in [-0.39, 0.29) is 6.61 Å². The van der Waals surface area contributed by atoms with Gasteiger partial charge < -0.3 is 10.2 Å². The van der Waals surface area contributed by atoms with Crippen LogP contribution in [0.15, 0.2) is 22.9 Å². The fraction of sp³-hybridized carbons (Fsp3) is 0.500. The summed E-state index contributed by atoms with van der Waals surface area (Å²) in [4.78, 5) is 2.09. The zero-order valence-corrected chi connectivity index (χ0v) is 13.7. The molecule has 0 amide bonds. The number of aryl methyl sites for hydroxylation is 2. The van der Waals surface area contributed by atoms with Crippen LogP contribution < -0.4 is 0 Å². The normalized spacial score (nSPS) is 12.0. The lowest BCUT2D eigenvalue weighted by Crippen LogP contribution is -2.27. The molecule has 0 fully saturated rings. The molecule has 2 N–H and O–H groups in total. The molecule has 0 aliphatic heterocycles. The number of aliphatic hydroxyl groups excluding tert-OH is 1. The van der Waals surface area contributed by atoms with E-state index in [0.717, 1.165) is 22.6 Å². The summed E-state index contributed by atoms with van der Waals surface area (Å²) in [6, 6.07) is 4.20. The minimum Gasteiger partial charge on any atom is -0.396 e. The zero-order valence-electron chi connectivity index (χ0n) is 12.1. The maximum Gasteiger partial charge on any atom is 0.133 e. The lowest BCUT2D eigenvalue weighted by Gasteiger charge is -2.29. The third-order valence-electron chi connectivity index (χ3n) is 3.70. The molecule has 110 valence electrons. The van der Waals surface area contributed by atoms with Crippen molar-refractivity contribution in [2.24, 2.45) is 0 Å². The van der Waals surface area contributed by atoms with Gasteiger partial charge in [0.05, 0.1) is 0 Å². The van der Waals surface area contributed by atoms with Crippen LogP contribution in [0, 0.1) is 0 Å². The molecule has 20 heavy (non-hydrogen) atoms. The molecule has 0 bridgehead atoms. The summed E-state index contributed by atoms with van der Waals surface area (Å²) in [5.41, 5.74) is 1.48. The highest BCUT2D eigenvalue weighted by Gasteiger charge is 2.36. The molecule has 0 saturated carbocycles. The van der Waals surface area contributed by atoms with Crippen LogP contribution in [0.1, 0.15) is 47.6 Å². The van der Waals surface area contributed by atoms with Gasteiger partial charge in [0.15, 0.2) is 0 Å². The number of aliphatic hydroxyl groups is 2. The Labute approximate surface area is 128 Å². The van der Waals surface area contributed by atoms with E-state index in [1.54, 1.807) is 22.7 Å². The Bertz CT molecular complexity index is 500. The van der Waals surface area contributed by atoms with Crippen LogP contribution in [0.3, 0.4) is 0 Å². The first kappa shape index (κ1) is 15.7. The van der Waals surface area contributed by atoms with E-state index in [0.29, 0.717) is 12.8 Å². The summed E-state index contributed by atoms with van der Waals surface area (Å²) >= 11 is 3.25. The summed E-state index contributed by atoms with van der Waals surface area (Å²) in [7, 11) is 0. The van der Waals surface area contributed by atoms with E-state index < -0.39 is 5.60 Å². The van der Waals surface area contributed by atoms with Crippen LogP contribution in [0.25, 0.3) is 0 Å². The first-order valence-corrected chi connectivity index (χ1v) is 8.90. The quantitative estimate of drug-likeness (QED) is 0.813. The summed E-state index contributed by atoms with van der Waals surface area (Å²) in [6.45, 7) is 4.35. The predicted octanol–water partition coefficient (Wildman–Crippen LogP) is 3.94. The summed E-state index contributed by atoms with van der Waals surface area (Å²) in [5.74, 6) is 0. The van der Waals surface area contributed by atoms with Gasteiger partial charge in [-0.15, -0.1) is 22.7 Å². The largest absolute Gasteiger partial charge is 0.396 e. The smallest absolute Gasteiger partial charge is 0.133 e. The van der Waals surface area contributed by atoms with Gasteiger partial charge in [-0.25, -0.2) is 0 Å². The van der Waals surface area contributed by atoms with Crippen molar-refractivity contribution in [3.05, 3.63) is 43.8 Å². The van der Waals surface area contributed by atoms with Crippen LogP contribution >= 0.6 is 22.7 Å². The second kappa shape index (κ2) is 6.85. The first-order chi connectivity index (χ1) is 9.67. The number of hydrogen-bond donors (Lipinski definition) is 2. The lowest BCUT2D eigenvalue weighted by atomic mass is 9.88. The van der Waals surface area contributed by atoms with Crippen molar-refractivity contribution in [2.75, 3.05) is 6.61 Å². The summed E-state index contributed by atoms with van der Waals surface area (Å²) < 4.78 is 0. The molecule has 0 aliphatic rings. The molecule has 0 spiro atoms. The standard InChI is InChI=1S/C16H22O2S2/c1-3-12-6-10-19-14(12)16(18,8-5-9-17)15-13(4-2)7-11-20-15/h6-7,10-11,17-18H,3-5,8-9H2,1-2H3. The molecule has 0 unspecified atom stereocenters. The highest BCUT2D eigenvalue weighted by molar-refractivity contribution is 7.12. The van der Waals surface area contributed by atoms with Crippen LogP contribution in [0.4, 0.5) is 0 Å². The van der Waals surface area contributed by atoms with E-state index in [4.69, 9.17) is 0 Å². The van der Waals surface area contributed by atoms with E-state index in [2.05, 4.69) is 36.7 Å². The molecule has 0 radical (unpaired) electrons. The van der Waals surface area contributed by atoms with Crippen molar-refractivity contribution >= 4 is 22.7 Å². The molecule has 2 aromatic heterocycles. The third kappa shape index (κ3) is 2.84. The lowest BCUT2D eigenvalue weighted by molar-refractivity contribution is 0.0682. The second-order valence-electron chi connectivity index (χ2n) is 4.94. The van der Waals surface area contributed by atoms with Crippen LogP contribution in [-0.4, -0.2) is 16.8 Å². The van der Waals surface area contributed by atoms with Crippen molar-refractivity contribution in [1.82, 2.24) is 0 Å². The molecule has 4 heteroatoms. The predicted molar refractivity (Wildman–Crippen MR) is 86.7 cm³/mol. The molecule has 0 aliphatic carbocycles. The van der Waals surface area contributed by atoms with Crippen molar-refractivity contribution in [3.8, 4) is 0 Å². The average molecular weight is 310 g/mol. The van der Waals surface area contributed by atoms with Crippen LogP contribution in [0.2, 0.25) is 0 Å². The highest BCUT2D eigenvalue weighted by Crippen LogP contribution is 2.43. The Morgan fingerprint density at radius 3 is 1.90 bits per heavy atom. The molecular formula is C16H22O2S2. The van der Waals surface area contributed by atoms with Gasteiger partial charge in [0.1, 0.15) is 5.60 Å². The van der Waals surface area contributed by atoms with Gasteiger partial charge in [0, 0.05) is 16.4 Å². The first-order valence-electron chi connectivity index (χ1n) is 7.14. The highest BCUT2D eigenvalue weighted by atomic mass is 32.1. The Hall–Kier alpha value is -0.680. The monoisotopic (exact) mass is 310 g/mol. The fourth-order valence-corrected chi connectivity index (χ4v) is 4.95. The van der Waals surface area contributed by atoms with Crippen molar-refractivity contribution < 1.29 is 10.2 Å². The van der Waals surface area contributed by atoms with Gasteiger partial charge in [0.25, 0.3) is 0 Å². The Morgan fingerprint density at radius 2 is 1.50 bits per heavy atom. The Balaban J connectivity index is 2.50. The minimum absolute atomic E-state index is 0.113. The zero-order chi connectivity index (χ0) is 14.6. The minimum atomic E-state index is -0.943. The molecular weight excluding hydrogens is 288 g/mol. The van der Waals surface area contributed by atoms with E-state index in [9.17, 15) is 10.2 Å². The number of hydrogen-bond acceptors (Lipinski definition) is 4. The van der Waals surface area contributed by atoms with Gasteiger partial charge >= 0.3 is 0 Å². The van der Waals surface area contributed by atoms with Gasteiger partial charge in [-0.3, -0.25) is 0 Å². The molecule has 2 rings (SSSR count). The number of thiophene rings is 2. The van der Waals surface area contributed by atoms with Gasteiger partial charge in [-0.1, -0.05) is 13.8 Å². The van der Waals surface area contributed by atoms with Gasteiger partial charge in [-0.2, -0.15) is 0 Å². The van der Waals surface area contributed by atoms with Crippen LogP contribution in [-0.2, 0) is 18.4 Å². The maximum absolute atomic E-state index is 11.4. The summed E-state index contributed by atoms with van der Waals surface area (Å²) in [5, 5.41) is 24.7. The third-order valence-corrected chi connectivity index (χ3v) is 5.92. The maximum atomic E-state index is 11.4. The fourth-order valence-electron chi connectivity index (χ4n) is 2.62. The average Bonchev–Trinajstić information content (AvgIpc) is 3.12. The molecule has 0 aromatic carbocycles. The van der Waals surface area contributed by atoms with Crippen molar-refractivity contribution in [2.45, 2.75) is 45.1 Å².